The third-order valence-corrected chi connectivity index (χ3v) is 2.68. The quantitative estimate of drug-likeness (QED) is 0.843. The lowest BCUT2D eigenvalue weighted by molar-refractivity contribution is 0.452. The number of hydrogen-bond donors (Lipinski definition) is 1. The van der Waals surface area contributed by atoms with E-state index in [4.69, 9.17) is 0 Å². The van der Waals surface area contributed by atoms with Gasteiger partial charge >= 0.3 is 0 Å². The number of nitrogens with zero attached hydrogens (tertiary/aromatic N) is 1. The minimum atomic E-state index is -1.49. The zero-order valence-corrected chi connectivity index (χ0v) is 10.2. The van der Waals surface area contributed by atoms with Crippen LogP contribution < -0.4 is 5.32 Å². The zero-order valence-electron chi connectivity index (χ0n) is 10.2. The van der Waals surface area contributed by atoms with Gasteiger partial charge in [0.1, 0.15) is 11.3 Å². The molecule has 0 bridgehead atoms. The van der Waals surface area contributed by atoms with E-state index in [0.717, 1.165) is 18.1 Å². The van der Waals surface area contributed by atoms with Crippen molar-refractivity contribution < 1.29 is 13.2 Å². The fourth-order valence-electron chi connectivity index (χ4n) is 1.75. The number of benzene rings is 1. The first-order valence-corrected chi connectivity index (χ1v) is 5.73. The lowest BCUT2D eigenvalue weighted by atomic mass is 10.1. The van der Waals surface area contributed by atoms with Gasteiger partial charge in [-0.1, -0.05) is 6.92 Å². The van der Waals surface area contributed by atoms with Crippen molar-refractivity contribution in [3.8, 4) is 0 Å². The third-order valence-electron chi connectivity index (χ3n) is 2.68. The standard InChI is InChI=1S/C13H13F3N2/c1-3-4-17-13-7(2)5-8-6-9(14)10(15)11(16)12(8)18-13/h5-6H,3-4H2,1-2H3,(H,17,18). The molecule has 0 aliphatic carbocycles. The molecule has 0 saturated heterocycles. The summed E-state index contributed by atoms with van der Waals surface area (Å²) in [6.45, 7) is 4.45. The summed E-state index contributed by atoms with van der Waals surface area (Å²) in [5.74, 6) is -3.44. The second kappa shape index (κ2) is 4.84. The van der Waals surface area contributed by atoms with Crippen molar-refractivity contribution in [2.75, 3.05) is 11.9 Å². The van der Waals surface area contributed by atoms with Crippen LogP contribution in [0, 0.1) is 24.4 Å². The van der Waals surface area contributed by atoms with Gasteiger partial charge in [-0.3, -0.25) is 0 Å². The normalized spacial score (nSPS) is 10.9. The number of fused-ring (bicyclic) bond motifs is 1. The molecule has 0 fully saturated rings. The zero-order chi connectivity index (χ0) is 13.3. The molecule has 0 aliphatic rings. The number of anilines is 1. The van der Waals surface area contributed by atoms with E-state index in [1.807, 2.05) is 6.92 Å². The van der Waals surface area contributed by atoms with Gasteiger partial charge in [-0.2, -0.15) is 0 Å². The molecule has 0 saturated carbocycles. The van der Waals surface area contributed by atoms with Crippen LogP contribution in [0.5, 0.6) is 0 Å². The number of aryl methyl sites for hydroxylation is 1. The SMILES string of the molecule is CCCNc1nc2c(F)c(F)c(F)cc2cc1C. The molecular weight excluding hydrogens is 241 g/mol. The van der Waals surface area contributed by atoms with Crippen molar-refractivity contribution >= 4 is 16.7 Å². The number of nitrogens with one attached hydrogen (secondary N) is 1. The Bertz CT molecular complexity index is 597. The fourth-order valence-corrected chi connectivity index (χ4v) is 1.75. The molecule has 0 aliphatic heterocycles. The molecule has 18 heavy (non-hydrogen) atoms. The summed E-state index contributed by atoms with van der Waals surface area (Å²) in [6.07, 6.45) is 0.888. The predicted octanol–water partition coefficient (Wildman–Crippen LogP) is 3.78. The van der Waals surface area contributed by atoms with Crippen LogP contribution in [0.4, 0.5) is 19.0 Å². The smallest absolute Gasteiger partial charge is 0.196 e. The molecule has 2 rings (SSSR count). The highest BCUT2D eigenvalue weighted by atomic mass is 19.2. The molecule has 1 aromatic carbocycles. The van der Waals surface area contributed by atoms with Gasteiger partial charge in [-0.25, -0.2) is 18.2 Å². The summed E-state index contributed by atoms with van der Waals surface area (Å²) < 4.78 is 39.8. The predicted molar refractivity (Wildman–Crippen MR) is 65.1 cm³/mol. The average molecular weight is 254 g/mol. The summed E-state index contributed by atoms with van der Waals surface area (Å²) in [4.78, 5) is 4.02. The monoisotopic (exact) mass is 254 g/mol. The van der Waals surface area contributed by atoms with Crippen molar-refractivity contribution in [3.63, 3.8) is 0 Å². The van der Waals surface area contributed by atoms with Crippen molar-refractivity contribution in [2.45, 2.75) is 20.3 Å². The molecule has 2 aromatic rings. The Morgan fingerprint density at radius 2 is 1.89 bits per heavy atom. The van der Waals surface area contributed by atoms with Crippen molar-refractivity contribution in [1.82, 2.24) is 4.98 Å². The molecule has 0 radical (unpaired) electrons. The van der Waals surface area contributed by atoms with E-state index in [9.17, 15) is 13.2 Å². The van der Waals surface area contributed by atoms with E-state index in [2.05, 4.69) is 10.3 Å². The Kier molecular flexibility index (Phi) is 3.41. The summed E-state index contributed by atoms with van der Waals surface area (Å²) in [5, 5.41) is 3.28. The minimum Gasteiger partial charge on any atom is -0.370 e. The van der Waals surface area contributed by atoms with E-state index in [0.29, 0.717) is 12.4 Å². The molecule has 0 atom stereocenters. The van der Waals surface area contributed by atoms with Crippen LogP contribution in [0.25, 0.3) is 10.9 Å². The number of rotatable bonds is 3. The Morgan fingerprint density at radius 1 is 1.17 bits per heavy atom. The van der Waals surface area contributed by atoms with Gasteiger partial charge < -0.3 is 5.32 Å². The van der Waals surface area contributed by atoms with Crippen LogP contribution in [0.1, 0.15) is 18.9 Å². The summed E-state index contributed by atoms with van der Waals surface area (Å²) in [5.41, 5.74) is 0.611. The molecule has 2 nitrogen and oxygen atoms in total. The molecule has 1 aromatic heterocycles. The molecule has 0 unspecified atom stereocenters. The fraction of sp³-hybridized carbons (Fsp3) is 0.308. The lowest BCUT2D eigenvalue weighted by Crippen LogP contribution is -2.05. The largest absolute Gasteiger partial charge is 0.370 e. The summed E-state index contributed by atoms with van der Waals surface area (Å²) in [6, 6.07) is 2.54. The van der Waals surface area contributed by atoms with Crippen molar-refractivity contribution in [1.29, 1.82) is 0 Å². The third kappa shape index (κ3) is 2.12. The molecule has 5 heteroatoms. The average Bonchev–Trinajstić information content (AvgIpc) is 2.34. The molecule has 1 N–H and O–H groups in total. The first-order valence-electron chi connectivity index (χ1n) is 5.73. The Hall–Kier alpha value is -1.78. The summed E-state index contributed by atoms with van der Waals surface area (Å²) in [7, 11) is 0. The van der Waals surface area contributed by atoms with Crippen LogP contribution >= 0.6 is 0 Å². The number of aromatic nitrogens is 1. The topological polar surface area (TPSA) is 24.9 Å². The van der Waals surface area contributed by atoms with Gasteiger partial charge in [0.25, 0.3) is 0 Å². The van der Waals surface area contributed by atoms with Gasteiger partial charge in [-0.05, 0) is 31.0 Å². The van der Waals surface area contributed by atoms with Gasteiger partial charge in [0.15, 0.2) is 17.5 Å². The van der Waals surface area contributed by atoms with Gasteiger partial charge in [0, 0.05) is 11.9 Å². The number of pyridine rings is 1. The van der Waals surface area contributed by atoms with Crippen molar-refractivity contribution in [2.24, 2.45) is 0 Å². The van der Waals surface area contributed by atoms with E-state index >= 15 is 0 Å². The number of hydrogen-bond acceptors (Lipinski definition) is 2. The first kappa shape index (κ1) is 12.7. The van der Waals surface area contributed by atoms with Gasteiger partial charge in [0.05, 0.1) is 0 Å². The Balaban J connectivity index is 2.62. The summed E-state index contributed by atoms with van der Waals surface area (Å²) >= 11 is 0. The molecule has 96 valence electrons. The van der Waals surface area contributed by atoms with E-state index in [1.54, 1.807) is 13.0 Å². The van der Waals surface area contributed by atoms with Gasteiger partial charge in [0.2, 0.25) is 0 Å². The number of halogens is 3. The van der Waals surface area contributed by atoms with Crippen LogP contribution in [-0.4, -0.2) is 11.5 Å². The first-order chi connectivity index (χ1) is 8.54. The van der Waals surface area contributed by atoms with Crippen molar-refractivity contribution in [3.05, 3.63) is 35.1 Å². The molecule has 0 spiro atoms. The Labute approximate surface area is 103 Å². The van der Waals surface area contributed by atoms with E-state index in [-0.39, 0.29) is 10.9 Å². The highest BCUT2D eigenvalue weighted by molar-refractivity contribution is 5.82. The molecule has 0 amide bonds. The van der Waals surface area contributed by atoms with E-state index < -0.39 is 17.5 Å². The van der Waals surface area contributed by atoms with Crippen LogP contribution in [-0.2, 0) is 0 Å². The van der Waals surface area contributed by atoms with Crippen LogP contribution in [0.3, 0.4) is 0 Å². The molecule has 1 heterocycles. The molecular formula is C13H13F3N2. The maximum absolute atomic E-state index is 13.6. The minimum absolute atomic E-state index is 0.155. The maximum Gasteiger partial charge on any atom is 0.196 e. The second-order valence-electron chi connectivity index (χ2n) is 4.14. The Morgan fingerprint density at radius 3 is 2.56 bits per heavy atom. The van der Waals surface area contributed by atoms with Crippen LogP contribution in [0.2, 0.25) is 0 Å². The lowest BCUT2D eigenvalue weighted by Gasteiger charge is -2.10. The van der Waals surface area contributed by atoms with Gasteiger partial charge in [-0.15, -0.1) is 0 Å². The maximum atomic E-state index is 13.6. The highest BCUT2D eigenvalue weighted by Gasteiger charge is 2.16. The van der Waals surface area contributed by atoms with Crippen LogP contribution in [0.15, 0.2) is 12.1 Å². The second-order valence-corrected chi connectivity index (χ2v) is 4.14. The highest BCUT2D eigenvalue weighted by Crippen LogP contribution is 2.25. The van der Waals surface area contributed by atoms with E-state index in [1.165, 1.54) is 0 Å².